The molecule has 3 fully saturated rings. The van der Waals surface area contributed by atoms with Crippen LogP contribution in [0.25, 0.3) is 0 Å². The maximum atomic E-state index is 10.6. The predicted molar refractivity (Wildman–Crippen MR) is 132 cm³/mol. The number of nitrogens with one attached hydrogen (secondary N) is 2. The highest BCUT2D eigenvalue weighted by molar-refractivity contribution is 5.56. The number of rotatable bonds is 10. The lowest BCUT2D eigenvalue weighted by atomic mass is 10.1. The standard InChI is InChI=1S/C27H37N3O3/c1-18(2)16-32-24-9-3-19(4-10-24)27(31)29-21-5-7-23(8-6-21)30-12-11-22(15-30)28-14-26-25-13-20(25)17-33-26/h3-10,18,20,22,25-29,31H,11-17H2,1-2H3/t20?,22?,25?,26-,27?/m1/s1. The molecule has 0 amide bonds. The van der Waals surface area contributed by atoms with Crippen LogP contribution < -0.4 is 20.3 Å². The summed E-state index contributed by atoms with van der Waals surface area (Å²) in [4.78, 5) is 2.43. The third kappa shape index (κ3) is 5.62. The van der Waals surface area contributed by atoms with Gasteiger partial charge in [-0.3, -0.25) is 0 Å². The molecule has 6 heteroatoms. The zero-order valence-corrected chi connectivity index (χ0v) is 19.7. The second-order valence-corrected chi connectivity index (χ2v) is 10.2. The van der Waals surface area contributed by atoms with E-state index in [0.717, 1.165) is 61.5 Å². The molecule has 2 saturated heterocycles. The number of ether oxygens (including phenoxy) is 2. The Balaban J connectivity index is 1.08. The minimum atomic E-state index is -0.765. The van der Waals surface area contributed by atoms with Crippen LogP contribution in [0.3, 0.4) is 0 Å². The number of nitrogens with zero attached hydrogens (tertiary/aromatic N) is 1. The Morgan fingerprint density at radius 3 is 2.58 bits per heavy atom. The molecule has 1 saturated carbocycles. The summed E-state index contributed by atoms with van der Waals surface area (Å²) in [7, 11) is 0. The topological polar surface area (TPSA) is 66.0 Å². The first-order valence-electron chi connectivity index (χ1n) is 12.4. The number of benzene rings is 2. The van der Waals surface area contributed by atoms with Crippen molar-refractivity contribution in [2.24, 2.45) is 17.8 Å². The molecule has 5 rings (SSSR count). The van der Waals surface area contributed by atoms with Crippen molar-refractivity contribution in [2.45, 2.75) is 45.1 Å². The summed E-state index contributed by atoms with van der Waals surface area (Å²) in [5.41, 5.74) is 2.94. The Labute approximate surface area is 197 Å². The first kappa shape index (κ1) is 22.5. The van der Waals surface area contributed by atoms with E-state index in [2.05, 4.69) is 41.5 Å². The van der Waals surface area contributed by atoms with Gasteiger partial charge in [0.2, 0.25) is 0 Å². The van der Waals surface area contributed by atoms with E-state index >= 15 is 0 Å². The number of hydrogen-bond donors (Lipinski definition) is 3. The number of hydrogen-bond acceptors (Lipinski definition) is 6. The lowest BCUT2D eigenvalue weighted by Gasteiger charge is -2.21. The molecule has 178 valence electrons. The molecule has 2 aromatic carbocycles. The summed E-state index contributed by atoms with van der Waals surface area (Å²) in [6.45, 7) is 9.00. The van der Waals surface area contributed by atoms with Crippen LogP contribution in [0.1, 0.15) is 38.5 Å². The lowest BCUT2D eigenvalue weighted by Crippen LogP contribution is -2.38. The van der Waals surface area contributed by atoms with Gasteiger partial charge >= 0.3 is 0 Å². The van der Waals surface area contributed by atoms with Gasteiger partial charge in [-0.2, -0.15) is 0 Å². The van der Waals surface area contributed by atoms with Crippen molar-refractivity contribution in [1.82, 2.24) is 5.32 Å². The van der Waals surface area contributed by atoms with E-state index in [9.17, 15) is 5.11 Å². The molecule has 33 heavy (non-hydrogen) atoms. The molecular formula is C27H37N3O3. The van der Waals surface area contributed by atoms with Crippen molar-refractivity contribution < 1.29 is 14.6 Å². The maximum Gasteiger partial charge on any atom is 0.150 e. The van der Waals surface area contributed by atoms with Gasteiger partial charge in [0.1, 0.15) is 5.75 Å². The third-order valence-electron chi connectivity index (χ3n) is 7.09. The number of fused-ring (bicyclic) bond motifs is 1. The van der Waals surface area contributed by atoms with E-state index in [4.69, 9.17) is 9.47 Å². The molecule has 5 atom stereocenters. The van der Waals surface area contributed by atoms with E-state index < -0.39 is 6.23 Å². The molecule has 0 spiro atoms. The van der Waals surface area contributed by atoms with Gasteiger partial charge in [0, 0.05) is 42.6 Å². The van der Waals surface area contributed by atoms with Crippen LogP contribution in [0.5, 0.6) is 5.75 Å². The summed E-state index contributed by atoms with van der Waals surface area (Å²) in [6.07, 6.45) is 2.20. The monoisotopic (exact) mass is 451 g/mol. The third-order valence-corrected chi connectivity index (χ3v) is 7.09. The molecule has 6 nitrogen and oxygen atoms in total. The highest BCUT2D eigenvalue weighted by atomic mass is 16.5. The van der Waals surface area contributed by atoms with Gasteiger partial charge < -0.3 is 30.1 Å². The number of aliphatic hydroxyl groups is 1. The quantitative estimate of drug-likeness (QED) is 0.474. The second-order valence-electron chi connectivity index (χ2n) is 10.2. The smallest absolute Gasteiger partial charge is 0.150 e. The van der Waals surface area contributed by atoms with Crippen LogP contribution in [0.2, 0.25) is 0 Å². The van der Waals surface area contributed by atoms with E-state index in [1.165, 1.54) is 12.1 Å². The van der Waals surface area contributed by atoms with Crippen molar-refractivity contribution in [2.75, 3.05) is 43.1 Å². The van der Waals surface area contributed by atoms with Gasteiger partial charge in [-0.25, -0.2) is 0 Å². The maximum absolute atomic E-state index is 10.6. The van der Waals surface area contributed by atoms with Gasteiger partial charge in [-0.1, -0.05) is 26.0 Å². The van der Waals surface area contributed by atoms with Gasteiger partial charge in [-0.15, -0.1) is 0 Å². The Morgan fingerprint density at radius 2 is 1.91 bits per heavy atom. The molecule has 0 aromatic heterocycles. The van der Waals surface area contributed by atoms with Crippen LogP contribution in [0, 0.1) is 17.8 Å². The Bertz CT molecular complexity index is 902. The van der Waals surface area contributed by atoms with Crippen LogP contribution in [0.4, 0.5) is 11.4 Å². The van der Waals surface area contributed by atoms with Crippen molar-refractivity contribution in [3.63, 3.8) is 0 Å². The zero-order chi connectivity index (χ0) is 22.8. The lowest BCUT2D eigenvalue weighted by molar-refractivity contribution is 0.0775. The van der Waals surface area contributed by atoms with Crippen LogP contribution in [0.15, 0.2) is 48.5 Å². The molecule has 1 aliphatic carbocycles. The van der Waals surface area contributed by atoms with Crippen molar-refractivity contribution in [3.05, 3.63) is 54.1 Å². The largest absolute Gasteiger partial charge is 0.493 e. The van der Waals surface area contributed by atoms with Gasteiger partial charge in [0.15, 0.2) is 6.23 Å². The molecule has 3 N–H and O–H groups in total. The van der Waals surface area contributed by atoms with Crippen LogP contribution >= 0.6 is 0 Å². The normalized spacial score (nSPS) is 27.0. The molecule has 3 aliphatic rings. The predicted octanol–water partition coefficient (Wildman–Crippen LogP) is 4.03. The highest BCUT2D eigenvalue weighted by Crippen LogP contribution is 2.47. The molecule has 4 unspecified atom stereocenters. The summed E-state index contributed by atoms with van der Waals surface area (Å²) < 4.78 is 11.6. The van der Waals surface area contributed by atoms with E-state index in [1.54, 1.807) is 0 Å². The number of anilines is 2. The molecular weight excluding hydrogens is 414 g/mol. The Morgan fingerprint density at radius 1 is 1.12 bits per heavy atom. The molecule has 0 radical (unpaired) electrons. The fourth-order valence-electron chi connectivity index (χ4n) is 4.96. The average Bonchev–Trinajstić information content (AvgIpc) is 3.25. The van der Waals surface area contributed by atoms with Gasteiger partial charge in [0.25, 0.3) is 0 Å². The molecule has 2 heterocycles. The fourth-order valence-corrected chi connectivity index (χ4v) is 4.96. The molecule has 2 aromatic rings. The van der Waals surface area contributed by atoms with E-state index in [0.29, 0.717) is 24.7 Å². The summed E-state index contributed by atoms with van der Waals surface area (Å²) >= 11 is 0. The van der Waals surface area contributed by atoms with Gasteiger partial charge in [0.05, 0.1) is 19.3 Å². The van der Waals surface area contributed by atoms with Crippen LogP contribution in [-0.4, -0.2) is 50.1 Å². The van der Waals surface area contributed by atoms with Crippen LogP contribution in [-0.2, 0) is 4.74 Å². The average molecular weight is 452 g/mol. The molecule has 0 bridgehead atoms. The summed E-state index contributed by atoms with van der Waals surface area (Å²) in [5, 5.41) is 17.5. The second kappa shape index (κ2) is 9.92. The Hall–Kier alpha value is -2.28. The fraction of sp³-hybridized carbons (Fsp3) is 0.556. The van der Waals surface area contributed by atoms with Crippen molar-refractivity contribution in [1.29, 1.82) is 0 Å². The number of aliphatic hydroxyl groups excluding tert-OH is 1. The zero-order valence-electron chi connectivity index (χ0n) is 19.7. The first-order chi connectivity index (χ1) is 16.0. The minimum Gasteiger partial charge on any atom is -0.493 e. The summed E-state index contributed by atoms with van der Waals surface area (Å²) in [5.74, 6) is 2.99. The Kier molecular flexibility index (Phi) is 6.76. The van der Waals surface area contributed by atoms with Gasteiger partial charge in [-0.05, 0) is 67.0 Å². The summed E-state index contributed by atoms with van der Waals surface area (Å²) in [6, 6.07) is 16.5. The van der Waals surface area contributed by atoms with Crippen molar-refractivity contribution >= 4 is 11.4 Å². The highest BCUT2D eigenvalue weighted by Gasteiger charge is 2.49. The van der Waals surface area contributed by atoms with Crippen molar-refractivity contribution in [3.8, 4) is 5.75 Å². The first-order valence-corrected chi connectivity index (χ1v) is 12.4. The molecule has 2 aliphatic heterocycles. The van der Waals surface area contributed by atoms with E-state index in [-0.39, 0.29) is 0 Å². The van der Waals surface area contributed by atoms with E-state index in [1.807, 2.05) is 36.4 Å². The minimum absolute atomic E-state index is 0.435. The SMILES string of the molecule is CC(C)COc1ccc(C(O)Nc2ccc(N3CCC(NC[C@H]4OCC5CC54)C3)cc2)cc1.